The first-order valence-corrected chi connectivity index (χ1v) is 9.02. The number of ether oxygens (including phenoxy) is 1. The largest absolute Gasteiger partial charge is 0.507 e. The number of carbonyl (C=O) groups excluding carboxylic acids is 1. The molecule has 0 aromatic heterocycles. The van der Waals surface area contributed by atoms with E-state index in [1.54, 1.807) is 6.08 Å². The number of aromatic hydroxyl groups is 1. The zero-order valence-electron chi connectivity index (χ0n) is 15.5. The van der Waals surface area contributed by atoms with Crippen molar-refractivity contribution in [3.63, 3.8) is 0 Å². The summed E-state index contributed by atoms with van der Waals surface area (Å²) in [7, 11) is 0. The number of aryl methyl sites for hydroxylation is 1. The lowest BCUT2D eigenvalue weighted by Gasteiger charge is -2.15. The number of benzene rings is 2. The highest BCUT2D eigenvalue weighted by molar-refractivity contribution is 6.14. The van der Waals surface area contributed by atoms with E-state index >= 15 is 0 Å². The molecule has 0 amide bonds. The maximum absolute atomic E-state index is 12.7. The van der Waals surface area contributed by atoms with Gasteiger partial charge in [-0.05, 0) is 35.8 Å². The van der Waals surface area contributed by atoms with Crippen LogP contribution in [0.25, 0.3) is 6.08 Å². The van der Waals surface area contributed by atoms with Crippen LogP contribution in [0, 0.1) is 22.7 Å². The molecule has 3 rings (SSSR count). The average Bonchev–Trinajstić information content (AvgIpc) is 3.01. The minimum absolute atomic E-state index is 0.0199. The number of phenols is 1. The van der Waals surface area contributed by atoms with Crippen LogP contribution in [-0.4, -0.2) is 24.0 Å². The summed E-state index contributed by atoms with van der Waals surface area (Å²) in [5, 5.41) is 28.2. The number of nitrogens with one attached hydrogen (secondary N) is 1. The lowest BCUT2D eigenvalue weighted by molar-refractivity contribution is -0.899. The third kappa shape index (κ3) is 3.88. The van der Waals surface area contributed by atoms with E-state index in [0.717, 1.165) is 12.0 Å². The van der Waals surface area contributed by atoms with Gasteiger partial charge in [-0.3, -0.25) is 4.79 Å². The number of hydrogen-bond acceptors (Lipinski definition) is 5. The summed E-state index contributed by atoms with van der Waals surface area (Å²) in [6, 6.07) is 14.9. The van der Waals surface area contributed by atoms with Gasteiger partial charge < -0.3 is 14.7 Å². The zero-order valence-corrected chi connectivity index (χ0v) is 15.5. The van der Waals surface area contributed by atoms with Gasteiger partial charge in [0.1, 0.15) is 24.4 Å². The van der Waals surface area contributed by atoms with Crippen molar-refractivity contribution in [1.29, 1.82) is 10.5 Å². The van der Waals surface area contributed by atoms with Crippen LogP contribution in [0.1, 0.15) is 34.0 Å². The number of fused-ring (bicyclic) bond motifs is 1. The van der Waals surface area contributed by atoms with Crippen LogP contribution in [0.15, 0.2) is 42.2 Å². The first kappa shape index (κ1) is 19.2. The predicted molar refractivity (Wildman–Crippen MR) is 102 cm³/mol. The summed E-state index contributed by atoms with van der Waals surface area (Å²) in [6.45, 7) is 2.50. The minimum atomic E-state index is -0.252. The Labute approximate surface area is 163 Å². The Bertz CT molecular complexity index is 995. The number of nitriles is 2. The smallest absolute Gasteiger partial charge is 0.231 e. The van der Waals surface area contributed by atoms with Crippen LogP contribution in [0.2, 0.25) is 0 Å². The van der Waals surface area contributed by atoms with Gasteiger partial charge in [0.2, 0.25) is 5.78 Å². The molecule has 1 aliphatic heterocycles. The number of allylic oxidation sites excluding steroid dienone is 1. The van der Waals surface area contributed by atoms with Gasteiger partial charge in [0.05, 0.1) is 11.1 Å². The van der Waals surface area contributed by atoms with E-state index in [1.165, 1.54) is 17.7 Å². The predicted octanol–water partition coefficient (Wildman–Crippen LogP) is 2.00. The Balaban J connectivity index is 1.93. The molecule has 1 heterocycles. The number of hydrogen-bond donors (Lipinski definition) is 2. The molecule has 0 spiro atoms. The van der Waals surface area contributed by atoms with Gasteiger partial charge in [0, 0.05) is 0 Å². The van der Waals surface area contributed by atoms with Gasteiger partial charge in [-0.15, -0.1) is 0 Å². The summed E-state index contributed by atoms with van der Waals surface area (Å²) >= 11 is 0. The van der Waals surface area contributed by atoms with Crippen LogP contribution in [0.5, 0.6) is 11.5 Å². The highest BCUT2D eigenvalue weighted by Crippen LogP contribution is 2.39. The first-order valence-electron chi connectivity index (χ1n) is 9.02. The Morgan fingerprint density at radius 3 is 2.39 bits per heavy atom. The molecule has 0 atom stereocenters. The normalized spacial score (nSPS) is 13.9. The highest BCUT2D eigenvalue weighted by atomic mass is 16.5. The summed E-state index contributed by atoms with van der Waals surface area (Å²) in [5.74, 6) is 0.217. The van der Waals surface area contributed by atoms with Crippen LogP contribution < -0.4 is 9.64 Å². The molecular weight excluding hydrogens is 354 g/mol. The van der Waals surface area contributed by atoms with Gasteiger partial charge in [-0.2, -0.15) is 10.5 Å². The molecule has 28 heavy (non-hydrogen) atoms. The molecule has 0 fully saturated rings. The lowest BCUT2D eigenvalue weighted by atomic mass is 10.0. The number of rotatable bonds is 6. The molecule has 2 N–H and O–H groups in total. The van der Waals surface area contributed by atoms with E-state index in [0.29, 0.717) is 21.8 Å². The first-order chi connectivity index (χ1) is 13.6. The standard InChI is InChI=1S/C22H19N3O3/c1-2-15-3-5-16(6-4-15)13-20-21(27)17-7-8-19(26)18(22(17)28-20)14-25(11-9-23)12-10-24/h3-8,13,26H,2,11-12,14H2,1H3/p+1/b20-13-. The SMILES string of the molecule is CCc1ccc(/C=C2\Oc3c(ccc(O)c3C[NH+](CC#N)CC#N)C2=O)cc1. The molecule has 1 aliphatic rings. The molecule has 0 radical (unpaired) electrons. The molecular formula is C22H20N3O3+. The maximum atomic E-state index is 12.7. The number of quaternary nitrogens is 1. The Kier molecular flexibility index (Phi) is 5.74. The molecule has 0 unspecified atom stereocenters. The maximum Gasteiger partial charge on any atom is 0.231 e. The van der Waals surface area contributed by atoms with Crippen molar-refractivity contribution in [2.24, 2.45) is 0 Å². The number of ketones is 1. The number of Topliss-reactive ketones (excluding diaryl/α,β-unsaturated/α-hetero) is 1. The fraction of sp³-hybridized carbons (Fsp3) is 0.227. The number of nitrogens with zero attached hydrogens (tertiary/aromatic N) is 2. The van der Waals surface area contributed by atoms with Gasteiger partial charge in [0.15, 0.2) is 24.6 Å². The van der Waals surface area contributed by atoms with E-state index in [-0.39, 0.29) is 36.9 Å². The summed E-state index contributed by atoms with van der Waals surface area (Å²) in [4.78, 5) is 13.4. The van der Waals surface area contributed by atoms with Crippen molar-refractivity contribution in [1.82, 2.24) is 0 Å². The topological polar surface area (TPSA) is 98.5 Å². The monoisotopic (exact) mass is 374 g/mol. The summed E-state index contributed by atoms with van der Waals surface area (Å²) < 4.78 is 5.82. The Morgan fingerprint density at radius 2 is 1.79 bits per heavy atom. The van der Waals surface area contributed by atoms with Gasteiger partial charge >= 0.3 is 0 Å². The fourth-order valence-corrected chi connectivity index (χ4v) is 3.13. The van der Waals surface area contributed by atoms with Crippen molar-refractivity contribution in [3.8, 4) is 23.6 Å². The van der Waals surface area contributed by atoms with Crippen LogP contribution in [0.3, 0.4) is 0 Å². The van der Waals surface area contributed by atoms with Crippen LogP contribution in [-0.2, 0) is 13.0 Å². The van der Waals surface area contributed by atoms with Gasteiger partial charge in [0.25, 0.3) is 0 Å². The second-order valence-electron chi connectivity index (χ2n) is 6.57. The summed E-state index contributed by atoms with van der Waals surface area (Å²) in [5.41, 5.74) is 2.85. The molecule has 0 bridgehead atoms. The van der Waals surface area contributed by atoms with E-state index in [4.69, 9.17) is 15.3 Å². The zero-order chi connectivity index (χ0) is 20.1. The van der Waals surface area contributed by atoms with E-state index < -0.39 is 0 Å². The molecule has 6 nitrogen and oxygen atoms in total. The Hall–Kier alpha value is -3.61. The Morgan fingerprint density at radius 1 is 1.11 bits per heavy atom. The third-order valence-electron chi connectivity index (χ3n) is 4.69. The molecule has 140 valence electrons. The highest BCUT2D eigenvalue weighted by Gasteiger charge is 2.32. The fourth-order valence-electron chi connectivity index (χ4n) is 3.13. The molecule has 0 saturated carbocycles. The minimum Gasteiger partial charge on any atom is -0.507 e. The van der Waals surface area contributed by atoms with E-state index in [2.05, 4.69) is 6.92 Å². The second-order valence-corrected chi connectivity index (χ2v) is 6.57. The molecule has 2 aromatic carbocycles. The van der Waals surface area contributed by atoms with Crippen LogP contribution in [0.4, 0.5) is 0 Å². The number of carbonyl (C=O) groups is 1. The molecule has 0 saturated heterocycles. The lowest BCUT2D eigenvalue weighted by Crippen LogP contribution is -3.10. The van der Waals surface area contributed by atoms with Crippen molar-refractivity contribution in [3.05, 3.63) is 64.4 Å². The van der Waals surface area contributed by atoms with Crippen molar-refractivity contribution >= 4 is 11.9 Å². The number of phenolic OH excluding ortho intramolecular Hbond substituents is 1. The second kappa shape index (κ2) is 8.39. The van der Waals surface area contributed by atoms with Crippen molar-refractivity contribution in [2.45, 2.75) is 19.9 Å². The van der Waals surface area contributed by atoms with E-state index in [9.17, 15) is 9.90 Å². The summed E-state index contributed by atoms with van der Waals surface area (Å²) in [6.07, 6.45) is 2.61. The molecule has 0 aliphatic carbocycles. The quantitative estimate of drug-likeness (QED) is 0.595. The van der Waals surface area contributed by atoms with Crippen LogP contribution >= 0.6 is 0 Å². The van der Waals surface area contributed by atoms with Crippen molar-refractivity contribution < 1.29 is 19.5 Å². The van der Waals surface area contributed by atoms with Crippen molar-refractivity contribution in [2.75, 3.05) is 13.1 Å². The van der Waals surface area contributed by atoms with E-state index in [1.807, 2.05) is 36.4 Å². The average molecular weight is 374 g/mol. The molecule has 6 heteroatoms. The van der Waals surface area contributed by atoms with Gasteiger partial charge in [-0.25, -0.2) is 0 Å². The van der Waals surface area contributed by atoms with Gasteiger partial charge in [-0.1, -0.05) is 31.2 Å². The third-order valence-corrected chi connectivity index (χ3v) is 4.69. The molecule has 2 aromatic rings.